The second kappa shape index (κ2) is 22.0. The molecule has 8 aromatic carbocycles. The number of unbranched alkanes of at least 4 members (excludes halogenated alkanes) is 1. The summed E-state index contributed by atoms with van der Waals surface area (Å²) in [6.45, 7) is 0.335. The monoisotopic (exact) mass is 1110 g/mol. The Labute approximate surface area is 425 Å². The van der Waals surface area contributed by atoms with Crippen molar-refractivity contribution >= 4 is 55.3 Å². The molecular formula is C54H27BF20N2O. The summed E-state index contributed by atoms with van der Waals surface area (Å²) in [6, 6.07) is 29.1. The first-order valence-corrected chi connectivity index (χ1v) is 22.5. The van der Waals surface area contributed by atoms with E-state index < -0.39 is 144 Å². The standard InChI is InChI=1S/C30H27N2O.C24BF20/c33-30(23-10-2-1-3-11-23)22-32-19-18-31-26(21-32)14-6-9-17-29-27-15-7-4-12-24(27)20-25-13-5-8-16-28(25)29;26-5-1(6(27)14(35)21(42)13(5)34)25(2-7(28)15(36)22(43)16(37)8(2)29,3-9(30)17(38)23(44)18(39)10(3)31)4-11(32)19(40)24(45)20(41)12(4)33/h1-5,7-8,10-13,15-16,18-21H,6,9,14,17,22H2;/q+1;-1. The Morgan fingerprint density at radius 1 is 0.397 bits per heavy atom. The van der Waals surface area contributed by atoms with Crippen LogP contribution in [0.5, 0.6) is 0 Å². The molecule has 0 amide bonds. The van der Waals surface area contributed by atoms with Crippen LogP contribution in [-0.2, 0) is 19.4 Å². The summed E-state index contributed by atoms with van der Waals surface area (Å²) in [6.07, 6.45) is 2.56. The highest BCUT2D eigenvalue weighted by Crippen LogP contribution is 2.32. The van der Waals surface area contributed by atoms with Crippen molar-refractivity contribution in [3.8, 4) is 0 Å². The minimum atomic E-state index is -7.22. The average molecular weight is 1110 g/mol. The molecule has 9 aromatic rings. The molecule has 402 valence electrons. The van der Waals surface area contributed by atoms with E-state index in [1.807, 2.05) is 47.3 Å². The van der Waals surface area contributed by atoms with Gasteiger partial charge in [-0.3, -0.25) is 4.79 Å². The van der Waals surface area contributed by atoms with E-state index in [-0.39, 0.29) is 5.78 Å². The molecule has 0 saturated carbocycles. The first-order valence-electron chi connectivity index (χ1n) is 22.5. The molecule has 0 fully saturated rings. The summed E-state index contributed by atoms with van der Waals surface area (Å²) >= 11 is 0. The number of rotatable bonds is 12. The van der Waals surface area contributed by atoms with Gasteiger partial charge in [0.05, 0.1) is 6.20 Å². The molecule has 0 atom stereocenters. The quantitative estimate of drug-likeness (QED) is 0.0179. The lowest BCUT2D eigenvalue weighted by Crippen LogP contribution is -2.81. The van der Waals surface area contributed by atoms with Crippen molar-refractivity contribution in [2.24, 2.45) is 0 Å². The van der Waals surface area contributed by atoms with Crippen LogP contribution in [0.15, 0.2) is 104 Å². The molecule has 9 rings (SSSR count). The molecule has 0 aliphatic carbocycles. The van der Waals surface area contributed by atoms with Crippen molar-refractivity contribution in [3.63, 3.8) is 0 Å². The van der Waals surface area contributed by atoms with Crippen LogP contribution in [0, 0.1) is 116 Å². The molecule has 0 N–H and O–H groups in total. The Bertz CT molecular complexity index is 3440. The molecule has 78 heavy (non-hydrogen) atoms. The van der Waals surface area contributed by atoms with Gasteiger partial charge >= 0.3 is 0 Å². The third-order valence-electron chi connectivity index (χ3n) is 12.9. The van der Waals surface area contributed by atoms with Crippen LogP contribution in [0.3, 0.4) is 0 Å². The van der Waals surface area contributed by atoms with E-state index in [1.54, 1.807) is 6.20 Å². The number of fused-ring (bicyclic) bond motifs is 2. The summed E-state index contributed by atoms with van der Waals surface area (Å²) in [5.41, 5.74) is -11.1. The zero-order chi connectivity index (χ0) is 56.8. The largest absolute Gasteiger partial charge is 0.287 e. The van der Waals surface area contributed by atoms with Crippen molar-refractivity contribution in [2.75, 3.05) is 0 Å². The second-order valence-electron chi connectivity index (χ2n) is 17.3. The first kappa shape index (κ1) is 55.9. The molecule has 0 aliphatic heterocycles. The molecule has 24 heteroatoms. The number of benzene rings is 8. The summed E-state index contributed by atoms with van der Waals surface area (Å²) in [7, 11) is 0. The topological polar surface area (TPSA) is 33.8 Å². The highest BCUT2D eigenvalue weighted by Gasteiger charge is 2.52. The second-order valence-corrected chi connectivity index (χ2v) is 17.3. The zero-order valence-corrected chi connectivity index (χ0v) is 38.8. The van der Waals surface area contributed by atoms with E-state index in [1.165, 1.54) is 27.1 Å². The number of hydrogen-bond donors (Lipinski definition) is 0. The van der Waals surface area contributed by atoms with Crippen LogP contribution in [0.2, 0.25) is 0 Å². The van der Waals surface area contributed by atoms with Gasteiger partial charge < -0.3 is 0 Å². The van der Waals surface area contributed by atoms with E-state index in [4.69, 9.17) is 0 Å². The van der Waals surface area contributed by atoms with E-state index in [2.05, 4.69) is 59.6 Å². The van der Waals surface area contributed by atoms with Crippen LogP contribution in [-0.4, -0.2) is 16.9 Å². The van der Waals surface area contributed by atoms with Crippen LogP contribution < -0.4 is 26.4 Å². The molecule has 1 heterocycles. The molecule has 0 unspecified atom stereocenters. The maximum Gasteiger partial charge on any atom is 0.227 e. The van der Waals surface area contributed by atoms with E-state index in [0.29, 0.717) is 6.54 Å². The zero-order valence-electron chi connectivity index (χ0n) is 38.8. The number of aryl methyl sites for hydroxylation is 2. The molecule has 3 nitrogen and oxygen atoms in total. The number of halogens is 20. The lowest BCUT2D eigenvalue weighted by molar-refractivity contribution is -0.684. The third-order valence-corrected chi connectivity index (χ3v) is 12.9. The van der Waals surface area contributed by atoms with Crippen LogP contribution in [0.25, 0.3) is 21.5 Å². The third kappa shape index (κ3) is 9.43. The average Bonchev–Trinajstić information content (AvgIpc) is 3.63. The van der Waals surface area contributed by atoms with Gasteiger partial charge in [-0.05, 0) is 58.9 Å². The van der Waals surface area contributed by atoms with Crippen molar-refractivity contribution in [2.45, 2.75) is 32.2 Å². The van der Waals surface area contributed by atoms with Crippen molar-refractivity contribution in [3.05, 3.63) is 237 Å². The fraction of sp³-hybridized carbons (Fsp3) is 0.0926. The maximum absolute atomic E-state index is 15.4. The predicted molar refractivity (Wildman–Crippen MR) is 243 cm³/mol. The van der Waals surface area contributed by atoms with Gasteiger partial charge in [0.2, 0.25) is 12.3 Å². The van der Waals surface area contributed by atoms with Gasteiger partial charge in [-0.2, -0.15) is 4.57 Å². The van der Waals surface area contributed by atoms with E-state index in [9.17, 15) is 57.5 Å². The summed E-state index contributed by atoms with van der Waals surface area (Å²) < 4.78 is 296. The van der Waals surface area contributed by atoms with Crippen molar-refractivity contribution in [1.29, 1.82) is 0 Å². The number of carbonyl (C=O) groups excluding carboxylic acids is 1. The number of carbonyl (C=O) groups is 1. The number of nitrogens with zero attached hydrogens (tertiary/aromatic N) is 2. The highest BCUT2D eigenvalue weighted by molar-refractivity contribution is 7.20. The summed E-state index contributed by atoms with van der Waals surface area (Å²) in [5, 5.41) is 5.32. The number of aromatic nitrogens is 2. The van der Waals surface area contributed by atoms with Gasteiger partial charge in [-0.1, -0.05) is 78.9 Å². The molecule has 0 spiro atoms. The highest BCUT2D eigenvalue weighted by atomic mass is 19.2. The fourth-order valence-corrected chi connectivity index (χ4v) is 9.45. The Balaban J connectivity index is 0.000000215. The van der Waals surface area contributed by atoms with Gasteiger partial charge in [0.15, 0.2) is 82.2 Å². The van der Waals surface area contributed by atoms with Crippen molar-refractivity contribution in [1.82, 2.24) is 4.98 Å². The Kier molecular flexibility index (Phi) is 15.8. The van der Waals surface area contributed by atoms with Gasteiger partial charge in [-0.25, -0.2) is 92.8 Å². The maximum atomic E-state index is 15.4. The van der Waals surface area contributed by atoms with E-state index >= 15 is 35.1 Å². The molecular weight excluding hydrogens is 1080 g/mol. The number of ketones is 1. The normalized spacial score (nSPS) is 11.6. The van der Waals surface area contributed by atoms with Crippen LogP contribution in [0.1, 0.15) is 34.5 Å². The molecule has 0 radical (unpaired) electrons. The van der Waals surface area contributed by atoms with Crippen LogP contribution in [0.4, 0.5) is 87.8 Å². The smallest absolute Gasteiger partial charge is 0.227 e. The van der Waals surface area contributed by atoms with Gasteiger partial charge in [0, 0.05) is 5.56 Å². The Morgan fingerprint density at radius 3 is 1.09 bits per heavy atom. The van der Waals surface area contributed by atoms with Crippen molar-refractivity contribution < 1.29 is 97.2 Å². The summed E-state index contributed by atoms with van der Waals surface area (Å²) in [4.78, 5) is 17.0. The van der Waals surface area contributed by atoms with Crippen LogP contribution >= 0.6 is 0 Å². The SMILES string of the molecule is Fc1c(F)c(F)c([B-](c2c(F)c(F)c(F)c(F)c2F)(c2c(F)c(F)c(F)c(F)c2F)c2c(F)c(F)c(F)c(F)c2F)c(F)c1F.O=C(C[n+]1ccnc(CCCCc2c3ccccc3cc3ccccc23)c1)c1ccccc1. The Morgan fingerprint density at radius 2 is 0.718 bits per heavy atom. The predicted octanol–water partition coefficient (Wildman–Crippen LogP) is 12.0. The van der Waals surface area contributed by atoms with Gasteiger partial charge in [0.25, 0.3) is 0 Å². The summed E-state index contributed by atoms with van der Waals surface area (Å²) in [5.74, 6) is -71.3. The lowest BCUT2D eigenvalue weighted by atomic mass is 9.12. The molecule has 0 bridgehead atoms. The van der Waals surface area contributed by atoms with Gasteiger partial charge in [-0.15, -0.1) is 21.9 Å². The minimum absolute atomic E-state index is 0.112. The molecule has 1 aromatic heterocycles. The Hall–Kier alpha value is -8.31. The fourth-order valence-electron chi connectivity index (χ4n) is 9.45. The van der Waals surface area contributed by atoms with E-state index in [0.717, 1.165) is 36.9 Å². The first-order chi connectivity index (χ1) is 37.0. The molecule has 0 saturated heterocycles. The molecule has 0 aliphatic rings. The lowest BCUT2D eigenvalue weighted by Gasteiger charge is -2.44. The number of hydrogen-bond acceptors (Lipinski definition) is 2. The minimum Gasteiger partial charge on any atom is -0.287 e. The number of Topliss-reactive ketones (excluding diaryl/α,β-unsaturated/α-hetero) is 1. The van der Waals surface area contributed by atoms with Gasteiger partial charge in [0.1, 0.15) is 58.4 Å².